The van der Waals surface area contributed by atoms with Gasteiger partial charge >= 0.3 is 0 Å². The molecular formula is C21H25ClFN3O2. The summed E-state index contributed by atoms with van der Waals surface area (Å²) >= 11 is 5.74. The van der Waals surface area contributed by atoms with Crippen LogP contribution < -0.4 is 10.6 Å². The molecule has 1 atom stereocenters. The first kappa shape index (κ1) is 21.9. The van der Waals surface area contributed by atoms with E-state index in [1.165, 1.54) is 12.1 Å². The van der Waals surface area contributed by atoms with Gasteiger partial charge in [-0.05, 0) is 56.6 Å². The number of hydrogen-bond donors (Lipinski definition) is 2. The molecule has 2 N–H and O–H groups in total. The molecule has 0 bridgehead atoms. The first-order chi connectivity index (χ1) is 13.3. The Labute approximate surface area is 169 Å². The van der Waals surface area contributed by atoms with Crippen LogP contribution in [0, 0.1) is 12.7 Å². The number of halogens is 2. The molecule has 7 heteroatoms. The van der Waals surface area contributed by atoms with E-state index in [9.17, 15) is 14.0 Å². The monoisotopic (exact) mass is 405 g/mol. The molecule has 150 valence electrons. The van der Waals surface area contributed by atoms with Crippen LogP contribution in [0.4, 0.5) is 15.8 Å². The number of para-hydroxylation sites is 1. The van der Waals surface area contributed by atoms with E-state index in [1.807, 2.05) is 38.1 Å². The van der Waals surface area contributed by atoms with E-state index in [-0.39, 0.29) is 23.2 Å². The fraction of sp³-hybridized carbons (Fsp3) is 0.333. The second-order valence-corrected chi connectivity index (χ2v) is 7.06. The summed E-state index contributed by atoms with van der Waals surface area (Å²) in [5.41, 5.74) is 1.76. The van der Waals surface area contributed by atoms with Crippen LogP contribution >= 0.6 is 11.6 Å². The number of benzene rings is 2. The average Bonchev–Trinajstić information content (AvgIpc) is 2.65. The number of rotatable bonds is 8. The molecule has 0 aliphatic carbocycles. The zero-order chi connectivity index (χ0) is 20.7. The maximum Gasteiger partial charge on any atom is 0.241 e. The number of anilines is 2. The van der Waals surface area contributed by atoms with E-state index in [0.29, 0.717) is 6.54 Å². The standard InChI is InChI=1S/C21H25ClFN3O2/c1-4-11-26(13-20(27)24-18-8-6-5-7-14(18)2)15(3)21(28)25-19-10-9-16(22)12-17(19)23/h5-10,12,15H,4,11,13H2,1-3H3,(H,24,27)(H,25,28). The van der Waals surface area contributed by atoms with E-state index in [4.69, 9.17) is 11.6 Å². The number of aryl methyl sites for hydroxylation is 1. The van der Waals surface area contributed by atoms with Crippen molar-refractivity contribution in [1.82, 2.24) is 4.90 Å². The third-order valence-corrected chi connectivity index (χ3v) is 4.63. The van der Waals surface area contributed by atoms with Crippen LogP contribution in [0.5, 0.6) is 0 Å². The minimum absolute atomic E-state index is 0.0554. The van der Waals surface area contributed by atoms with Crippen molar-refractivity contribution in [3.63, 3.8) is 0 Å². The highest BCUT2D eigenvalue weighted by Crippen LogP contribution is 2.19. The van der Waals surface area contributed by atoms with Crippen LogP contribution in [0.2, 0.25) is 5.02 Å². The van der Waals surface area contributed by atoms with Gasteiger partial charge in [0.1, 0.15) is 5.82 Å². The largest absolute Gasteiger partial charge is 0.325 e. The minimum Gasteiger partial charge on any atom is -0.325 e. The second-order valence-electron chi connectivity index (χ2n) is 6.62. The summed E-state index contributed by atoms with van der Waals surface area (Å²) in [7, 11) is 0. The van der Waals surface area contributed by atoms with Crippen molar-refractivity contribution in [1.29, 1.82) is 0 Å². The van der Waals surface area contributed by atoms with Gasteiger partial charge in [0.15, 0.2) is 0 Å². The molecule has 5 nitrogen and oxygen atoms in total. The summed E-state index contributed by atoms with van der Waals surface area (Å²) in [6.45, 7) is 6.19. The first-order valence-corrected chi connectivity index (χ1v) is 9.55. The van der Waals surface area contributed by atoms with Crippen molar-refractivity contribution in [2.45, 2.75) is 33.2 Å². The van der Waals surface area contributed by atoms with Crippen molar-refractivity contribution in [3.05, 3.63) is 58.9 Å². The Hall–Kier alpha value is -2.44. The summed E-state index contributed by atoms with van der Waals surface area (Å²) in [5.74, 6) is -1.20. The van der Waals surface area contributed by atoms with Crippen LogP contribution in [0.1, 0.15) is 25.8 Å². The Morgan fingerprint density at radius 1 is 1.14 bits per heavy atom. The molecule has 0 radical (unpaired) electrons. The average molecular weight is 406 g/mol. The number of amides is 2. The molecule has 0 spiro atoms. The van der Waals surface area contributed by atoms with Crippen LogP contribution in [-0.4, -0.2) is 35.8 Å². The predicted octanol–water partition coefficient (Wildman–Crippen LogP) is 4.47. The molecule has 1 unspecified atom stereocenters. The van der Waals surface area contributed by atoms with Gasteiger partial charge in [0, 0.05) is 10.7 Å². The molecule has 0 heterocycles. The van der Waals surface area contributed by atoms with Gasteiger partial charge in [0.05, 0.1) is 18.3 Å². The number of hydrogen-bond acceptors (Lipinski definition) is 3. The molecule has 2 amide bonds. The van der Waals surface area contributed by atoms with Gasteiger partial charge in [0.25, 0.3) is 0 Å². The van der Waals surface area contributed by atoms with Gasteiger partial charge in [-0.15, -0.1) is 0 Å². The lowest BCUT2D eigenvalue weighted by Crippen LogP contribution is -2.46. The minimum atomic E-state index is -0.613. The number of nitrogens with zero attached hydrogens (tertiary/aromatic N) is 1. The SMILES string of the molecule is CCCN(CC(=O)Nc1ccccc1C)C(C)C(=O)Nc1ccc(Cl)cc1F. The highest BCUT2D eigenvalue weighted by atomic mass is 35.5. The van der Waals surface area contributed by atoms with E-state index >= 15 is 0 Å². The van der Waals surface area contributed by atoms with Gasteiger partial charge in [-0.1, -0.05) is 36.7 Å². The van der Waals surface area contributed by atoms with E-state index in [2.05, 4.69) is 10.6 Å². The van der Waals surface area contributed by atoms with Crippen LogP contribution in [0.25, 0.3) is 0 Å². The van der Waals surface area contributed by atoms with E-state index in [0.717, 1.165) is 23.7 Å². The predicted molar refractivity (Wildman–Crippen MR) is 111 cm³/mol. The van der Waals surface area contributed by atoms with Gasteiger partial charge in [-0.2, -0.15) is 0 Å². The van der Waals surface area contributed by atoms with Crippen molar-refractivity contribution >= 4 is 34.8 Å². The Bertz CT molecular complexity index is 844. The van der Waals surface area contributed by atoms with Gasteiger partial charge in [-0.3, -0.25) is 14.5 Å². The van der Waals surface area contributed by atoms with E-state index in [1.54, 1.807) is 11.8 Å². The highest BCUT2D eigenvalue weighted by molar-refractivity contribution is 6.30. The van der Waals surface area contributed by atoms with Crippen LogP contribution in [-0.2, 0) is 9.59 Å². The highest BCUT2D eigenvalue weighted by Gasteiger charge is 2.24. The zero-order valence-electron chi connectivity index (χ0n) is 16.3. The molecule has 0 aromatic heterocycles. The summed E-state index contributed by atoms with van der Waals surface area (Å²) in [4.78, 5) is 26.8. The van der Waals surface area contributed by atoms with Crippen LogP contribution in [0.3, 0.4) is 0 Å². The molecule has 0 saturated heterocycles. The Balaban J connectivity index is 2.03. The molecule has 28 heavy (non-hydrogen) atoms. The van der Waals surface area contributed by atoms with Gasteiger partial charge < -0.3 is 10.6 Å². The Morgan fingerprint density at radius 3 is 2.50 bits per heavy atom. The third-order valence-electron chi connectivity index (χ3n) is 4.39. The lowest BCUT2D eigenvalue weighted by molar-refractivity contribution is -0.123. The van der Waals surface area contributed by atoms with Crippen molar-refractivity contribution < 1.29 is 14.0 Å². The molecular weight excluding hydrogens is 381 g/mol. The Morgan fingerprint density at radius 2 is 1.86 bits per heavy atom. The summed E-state index contributed by atoms with van der Waals surface area (Å²) in [6, 6.07) is 10.9. The van der Waals surface area contributed by atoms with Crippen molar-refractivity contribution in [3.8, 4) is 0 Å². The topological polar surface area (TPSA) is 61.4 Å². The van der Waals surface area contributed by atoms with Crippen molar-refractivity contribution in [2.75, 3.05) is 23.7 Å². The molecule has 0 fully saturated rings. The Kier molecular flexibility index (Phi) is 7.96. The molecule has 0 aliphatic rings. The first-order valence-electron chi connectivity index (χ1n) is 9.17. The summed E-state index contributed by atoms with van der Waals surface area (Å²) in [5, 5.41) is 5.69. The smallest absolute Gasteiger partial charge is 0.241 e. The quantitative estimate of drug-likeness (QED) is 0.681. The molecule has 0 saturated carbocycles. The number of carbonyl (C=O) groups is 2. The third kappa shape index (κ3) is 6.04. The normalized spacial score (nSPS) is 11.9. The fourth-order valence-corrected chi connectivity index (χ4v) is 2.94. The number of nitrogens with one attached hydrogen (secondary N) is 2. The fourth-order valence-electron chi connectivity index (χ4n) is 2.78. The van der Waals surface area contributed by atoms with Gasteiger partial charge in [0.2, 0.25) is 11.8 Å². The summed E-state index contributed by atoms with van der Waals surface area (Å²) < 4.78 is 13.9. The maximum absolute atomic E-state index is 13.9. The maximum atomic E-state index is 13.9. The zero-order valence-corrected chi connectivity index (χ0v) is 17.0. The van der Waals surface area contributed by atoms with Gasteiger partial charge in [-0.25, -0.2) is 4.39 Å². The molecule has 2 aromatic carbocycles. The lowest BCUT2D eigenvalue weighted by Gasteiger charge is -2.27. The van der Waals surface area contributed by atoms with Crippen LogP contribution in [0.15, 0.2) is 42.5 Å². The molecule has 2 aromatic rings. The summed E-state index contributed by atoms with van der Waals surface area (Å²) in [6.07, 6.45) is 0.768. The lowest BCUT2D eigenvalue weighted by atomic mass is 10.2. The number of carbonyl (C=O) groups excluding carboxylic acids is 2. The molecule has 0 aliphatic heterocycles. The van der Waals surface area contributed by atoms with E-state index < -0.39 is 17.8 Å². The van der Waals surface area contributed by atoms with Crippen molar-refractivity contribution in [2.24, 2.45) is 0 Å². The molecule has 2 rings (SSSR count). The second kappa shape index (κ2) is 10.2.